The monoisotopic (exact) mass is 243 g/mol. The maximum atomic E-state index is 3.92. The van der Waals surface area contributed by atoms with Crippen LogP contribution in [0.15, 0.2) is 30.3 Å². The summed E-state index contributed by atoms with van der Waals surface area (Å²) < 4.78 is 0. The van der Waals surface area contributed by atoms with E-state index in [1.54, 1.807) is 0 Å². The molecular weight excluding hydrogens is 218 g/mol. The van der Waals surface area contributed by atoms with E-state index >= 15 is 0 Å². The summed E-state index contributed by atoms with van der Waals surface area (Å²) in [5.41, 5.74) is 1.52. The van der Waals surface area contributed by atoms with Crippen LogP contribution in [0.4, 0.5) is 0 Å². The van der Waals surface area contributed by atoms with Gasteiger partial charge >= 0.3 is 0 Å². The maximum Gasteiger partial charge on any atom is 0.0145 e. The molecule has 3 rings (SSSR count). The van der Waals surface area contributed by atoms with Crippen molar-refractivity contribution in [1.29, 1.82) is 0 Å². The van der Waals surface area contributed by atoms with Crippen molar-refractivity contribution in [3.63, 3.8) is 0 Å². The zero-order valence-corrected chi connectivity index (χ0v) is 11.6. The first-order valence-corrected chi connectivity index (χ1v) is 7.56. The van der Waals surface area contributed by atoms with Gasteiger partial charge in [0.1, 0.15) is 0 Å². The summed E-state index contributed by atoms with van der Waals surface area (Å²) in [7, 11) is 0. The van der Waals surface area contributed by atoms with Crippen LogP contribution in [0.25, 0.3) is 0 Å². The fourth-order valence-corrected chi connectivity index (χ4v) is 3.54. The summed E-state index contributed by atoms with van der Waals surface area (Å²) in [6.45, 7) is 4.85. The third-order valence-electron chi connectivity index (χ3n) is 5.15. The quantitative estimate of drug-likeness (QED) is 0.847. The Morgan fingerprint density at radius 2 is 1.78 bits per heavy atom. The number of nitrogens with one attached hydrogen (secondary N) is 1. The lowest BCUT2D eigenvalue weighted by molar-refractivity contribution is 0.205. The molecule has 0 radical (unpaired) electrons. The minimum atomic E-state index is 0.741. The Balaban J connectivity index is 1.56. The van der Waals surface area contributed by atoms with Gasteiger partial charge in [0.25, 0.3) is 0 Å². The van der Waals surface area contributed by atoms with Gasteiger partial charge in [-0.2, -0.15) is 0 Å². The first-order chi connectivity index (χ1) is 8.75. The van der Waals surface area contributed by atoms with Gasteiger partial charge in [-0.1, -0.05) is 57.0 Å². The lowest BCUT2D eigenvalue weighted by atomic mass is 9.78. The van der Waals surface area contributed by atoms with Gasteiger partial charge in [-0.05, 0) is 30.2 Å². The second-order valence-corrected chi connectivity index (χ2v) is 6.40. The number of hydrogen-bond acceptors (Lipinski definition) is 1. The molecule has 1 aromatic rings. The average molecular weight is 243 g/mol. The van der Waals surface area contributed by atoms with Crippen LogP contribution in [0.1, 0.15) is 51.0 Å². The Morgan fingerprint density at radius 3 is 2.56 bits per heavy atom. The number of hydrogen-bond donors (Lipinski definition) is 1. The molecular formula is C17H25N. The highest BCUT2D eigenvalue weighted by Gasteiger charge is 2.41. The Kier molecular flexibility index (Phi) is 3.43. The van der Waals surface area contributed by atoms with Gasteiger partial charge in [0, 0.05) is 18.0 Å². The first-order valence-electron chi connectivity index (χ1n) is 7.56. The van der Waals surface area contributed by atoms with Crippen molar-refractivity contribution >= 4 is 0 Å². The normalized spacial score (nSPS) is 39.6. The molecule has 5 unspecified atom stereocenters. The molecule has 0 spiro atoms. The Bertz CT molecular complexity index is 386. The third kappa shape index (κ3) is 2.47. The summed E-state index contributed by atoms with van der Waals surface area (Å²) >= 11 is 0. The fraction of sp³-hybridized carbons (Fsp3) is 0.647. The molecule has 18 heavy (non-hydrogen) atoms. The number of benzene rings is 1. The third-order valence-corrected chi connectivity index (χ3v) is 5.15. The van der Waals surface area contributed by atoms with Gasteiger partial charge in [0.05, 0.1) is 0 Å². The van der Waals surface area contributed by atoms with Crippen molar-refractivity contribution in [2.45, 2.75) is 57.5 Å². The molecule has 1 aromatic carbocycles. The van der Waals surface area contributed by atoms with E-state index in [9.17, 15) is 0 Å². The molecule has 1 heteroatoms. The molecule has 98 valence electrons. The van der Waals surface area contributed by atoms with Crippen molar-refractivity contribution in [2.75, 3.05) is 0 Å². The fourth-order valence-electron chi connectivity index (χ4n) is 3.54. The predicted octanol–water partition coefficient (Wildman–Crippen LogP) is 3.96. The van der Waals surface area contributed by atoms with E-state index in [0.29, 0.717) is 0 Å². The zero-order chi connectivity index (χ0) is 12.5. The highest BCUT2D eigenvalue weighted by atomic mass is 15.0. The summed E-state index contributed by atoms with van der Waals surface area (Å²) in [5, 5.41) is 3.92. The smallest absolute Gasteiger partial charge is 0.0145 e. The van der Waals surface area contributed by atoms with Crippen molar-refractivity contribution in [3.8, 4) is 0 Å². The van der Waals surface area contributed by atoms with Crippen LogP contribution in [0.3, 0.4) is 0 Å². The van der Waals surface area contributed by atoms with Gasteiger partial charge < -0.3 is 5.32 Å². The zero-order valence-electron chi connectivity index (χ0n) is 11.6. The summed E-state index contributed by atoms with van der Waals surface area (Å²) in [4.78, 5) is 0. The van der Waals surface area contributed by atoms with E-state index in [1.165, 1.54) is 31.2 Å². The van der Waals surface area contributed by atoms with Crippen molar-refractivity contribution in [2.24, 2.45) is 11.8 Å². The van der Waals surface area contributed by atoms with Gasteiger partial charge in [-0.15, -0.1) is 0 Å². The van der Waals surface area contributed by atoms with E-state index in [-0.39, 0.29) is 0 Å². The van der Waals surface area contributed by atoms with Gasteiger partial charge in [0.15, 0.2) is 0 Å². The van der Waals surface area contributed by atoms with Gasteiger partial charge in [-0.3, -0.25) is 0 Å². The molecule has 0 bridgehead atoms. The summed E-state index contributed by atoms with van der Waals surface area (Å²) in [5.74, 6) is 2.51. The van der Waals surface area contributed by atoms with Crippen LogP contribution in [0, 0.1) is 11.8 Å². The van der Waals surface area contributed by atoms with E-state index < -0.39 is 0 Å². The highest BCUT2D eigenvalue weighted by Crippen LogP contribution is 2.42. The lowest BCUT2D eigenvalue weighted by Crippen LogP contribution is -2.42. The van der Waals surface area contributed by atoms with E-state index in [4.69, 9.17) is 0 Å². The standard InChI is InChI=1S/C17H25N/c1-12-7-6-10-16(13(12)2)18-17-11-15(17)14-8-4-3-5-9-14/h3-5,8-9,12-13,15-18H,6-7,10-11H2,1-2H3. The molecule has 0 amide bonds. The predicted molar refractivity (Wildman–Crippen MR) is 76.7 cm³/mol. The van der Waals surface area contributed by atoms with Crippen molar-refractivity contribution < 1.29 is 0 Å². The second-order valence-electron chi connectivity index (χ2n) is 6.40. The van der Waals surface area contributed by atoms with Crippen molar-refractivity contribution in [3.05, 3.63) is 35.9 Å². The topological polar surface area (TPSA) is 12.0 Å². The van der Waals surface area contributed by atoms with E-state index in [1.807, 2.05) is 0 Å². The van der Waals surface area contributed by atoms with Crippen molar-refractivity contribution in [1.82, 2.24) is 5.32 Å². The van der Waals surface area contributed by atoms with Gasteiger partial charge in [-0.25, -0.2) is 0 Å². The first kappa shape index (κ1) is 12.2. The molecule has 1 N–H and O–H groups in total. The Labute approximate surface area is 111 Å². The average Bonchev–Trinajstić information content (AvgIpc) is 3.15. The van der Waals surface area contributed by atoms with Crippen LogP contribution in [0.5, 0.6) is 0 Å². The minimum Gasteiger partial charge on any atom is -0.310 e. The van der Waals surface area contributed by atoms with E-state index in [0.717, 1.165) is 29.8 Å². The highest BCUT2D eigenvalue weighted by molar-refractivity contribution is 5.27. The molecule has 2 saturated carbocycles. The summed E-state index contributed by atoms with van der Waals surface area (Å²) in [6.07, 6.45) is 5.54. The largest absolute Gasteiger partial charge is 0.310 e. The molecule has 0 aliphatic heterocycles. The Hall–Kier alpha value is -0.820. The van der Waals surface area contributed by atoms with Gasteiger partial charge in [0.2, 0.25) is 0 Å². The molecule has 0 saturated heterocycles. The SMILES string of the molecule is CC1CCCC(NC2CC2c2ccccc2)C1C. The molecule has 2 fully saturated rings. The molecule has 0 aromatic heterocycles. The van der Waals surface area contributed by atoms with E-state index in [2.05, 4.69) is 49.5 Å². The molecule has 0 heterocycles. The lowest BCUT2D eigenvalue weighted by Gasteiger charge is -2.35. The summed E-state index contributed by atoms with van der Waals surface area (Å²) in [6, 6.07) is 12.5. The number of rotatable bonds is 3. The van der Waals surface area contributed by atoms with Crippen LogP contribution < -0.4 is 5.32 Å². The van der Waals surface area contributed by atoms with Crippen LogP contribution in [-0.2, 0) is 0 Å². The maximum absolute atomic E-state index is 3.92. The molecule has 1 nitrogen and oxygen atoms in total. The van der Waals surface area contributed by atoms with Crippen LogP contribution in [-0.4, -0.2) is 12.1 Å². The van der Waals surface area contributed by atoms with Crippen LogP contribution >= 0.6 is 0 Å². The Morgan fingerprint density at radius 1 is 1.00 bits per heavy atom. The van der Waals surface area contributed by atoms with Crippen LogP contribution in [0.2, 0.25) is 0 Å². The minimum absolute atomic E-state index is 0.741. The second kappa shape index (κ2) is 5.05. The molecule has 5 atom stereocenters. The molecule has 2 aliphatic carbocycles. The molecule has 2 aliphatic rings.